The first-order chi connectivity index (χ1) is 11.3. The van der Waals surface area contributed by atoms with Crippen molar-refractivity contribution in [1.29, 1.82) is 0 Å². The van der Waals surface area contributed by atoms with Crippen LogP contribution in [-0.4, -0.2) is 46.2 Å². The summed E-state index contributed by atoms with van der Waals surface area (Å²) in [5, 5.41) is 2.78. The number of halogens is 1. The highest BCUT2D eigenvalue weighted by Gasteiger charge is 2.42. The first kappa shape index (κ1) is 18.7. The lowest BCUT2D eigenvalue weighted by Gasteiger charge is -2.16. The zero-order valence-corrected chi connectivity index (χ0v) is 15.0. The van der Waals surface area contributed by atoms with Gasteiger partial charge in [-0.25, -0.2) is 12.7 Å². The molecule has 2 rings (SSSR count). The topological polar surface area (TPSA) is 92.8 Å². The highest BCUT2D eigenvalue weighted by atomic mass is 35.5. The number of hydrogen-bond acceptors (Lipinski definition) is 5. The Morgan fingerprint density at radius 1 is 1.46 bits per heavy atom. The van der Waals surface area contributed by atoms with Crippen LogP contribution in [-0.2, 0) is 19.6 Å². The van der Waals surface area contributed by atoms with Gasteiger partial charge in [0, 0.05) is 20.3 Å². The van der Waals surface area contributed by atoms with Gasteiger partial charge in [0.15, 0.2) is 0 Å². The Morgan fingerprint density at radius 2 is 2.17 bits per heavy atom. The number of rotatable bonds is 6. The van der Waals surface area contributed by atoms with Crippen LogP contribution in [0, 0.1) is 5.92 Å². The molecule has 0 spiro atoms. The Balaban J connectivity index is 2.18. The normalized spacial score (nSPS) is 19.5. The average molecular weight is 375 g/mol. The molecule has 132 valence electrons. The summed E-state index contributed by atoms with van der Waals surface area (Å²) < 4.78 is 29.8. The van der Waals surface area contributed by atoms with E-state index in [0.29, 0.717) is 19.6 Å². The molecule has 1 atom stereocenters. The van der Waals surface area contributed by atoms with Crippen molar-refractivity contribution in [3.05, 3.63) is 28.8 Å². The van der Waals surface area contributed by atoms with Crippen LogP contribution in [0.4, 0.5) is 5.69 Å². The van der Waals surface area contributed by atoms with Crippen LogP contribution < -0.4 is 9.62 Å². The number of amides is 2. The maximum absolute atomic E-state index is 12.1. The van der Waals surface area contributed by atoms with Crippen LogP contribution >= 0.6 is 11.6 Å². The Hall–Kier alpha value is -1.64. The van der Waals surface area contributed by atoms with Crippen molar-refractivity contribution in [2.75, 3.05) is 30.3 Å². The maximum Gasteiger partial charge on any atom is 0.252 e. The second kappa shape index (κ2) is 7.50. The van der Waals surface area contributed by atoms with Crippen molar-refractivity contribution in [2.45, 2.75) is 13.3 Å². The van der Waals surface area contributed by atoms with Crippen LogP contribution in [0.15, 0.2) is 18.2 Å². The molecule has 1 aromatic carbocycles. The van der Waals surface area contributed by atoms with E-state index >= 15 is 0 Å². The number of sulfonamides is 1. The van der Waals surface area contributed by atoms with Crippen molar-refractivity contribution in [3.63, 3.8) is 0 Å². The van der Waals surface area contributed by atoms with E-state index in [1.165, 1.54) is 18.2 Å². The van der Waals surface area contributed by atoms with Crippen molar-refractivity contribution < 1.29 is 22.7 Å². The third-order valence-electron chi connectivity index (χ3n) is 3.60. The molecule has 0 aliphatic carbocycles. The molecule has 0 bridgehead atoms. The van der Waals surface area contributed by atoms with Gasteiger partial charge in [-0.15, -0.1) is 0 Å². The molecular weight excluding hydrogens is 356 g/mol. The van der Waals surface area contributed by atoms with E-state index in [1.54, 1.807) is 14.0 Å². The summed E-state index contributed by atoms with van der Waals surface area (Å²) in [4.78, 5) is 24.1. The molecule has 7 nitrogen and oxygen atoms in total. The van der Waals surface area contributed by atoms with E-state index in [4.69, 9.17) is 16.3 Å². The second-order valence-electron chi connectivity index (χ2n) is 5.55. The fraction of sp³-hybridized carbons (Fsp3) is 0.467. The molecule has 1 fully saturated rings. The van der Waals surface area contributed by atoms with E-state index < -0.39 is 21.8 Å². The summed E-state index contributed by atoms with van der Waals surface area (Å²) in [7, 11) is -2.12. The molecule has 1 aliphatic rings. The monoisotopic (exact) mass is 374 g/mol. The Morgan fingerprint density at radius 3 is 2.71 bits per heavy atom. The first-order valence-corrected chi connectivity index (χ1v) is 9.40. The fourth-order valence-corrected chi connectivity index (χ4v) is 4.49. The highest BCUT2D eigenvalue weighted by molar-refractivity contribution is 7.94. The second-order valence-corrected chi connectivity index (χ2v) is 7.82. The Bertz CT molecular complexity index is 750. The van der Waals surface area contributed by atoms with Gasteiger partial charge in [-0.2, -0.15) is 0 Å². The molecule has 1 heterocycles. The SMILES string of the molecule is COCCCNC(=O)c1ccc(N2C(=O)C(C)CS2(=O)=O)cc1Cl. The minimum Gasteiger partial charge on any atom is -0.385 e. The van der Waals surface area contributed by atoms with Crippen LogP contribution in [0.2, 0.25) is 5.02 Å². The van der Waals surface area contributed by atoms with Crippen molar-refractivity contribution in [1.82, 2.24) is 5.32 Å². The predicted molar refractivity (Wildman–Crippen MR) is 90.7 cm³/mol. The highest BCUT2D eigenvalue weighted by Crippen LogP contribution is 2.31. The number of anilines is 1. The standard InChI is InChI=1S/C15H19ClN2O5S/c1-10-9-24(21,22)18(15(10)20)11-4-5-12(13(16)8-11)14(19)17-6-3-7-23-2/h4-5,8,10H,3,6-7,9H2,1-2H3,(H,17,19). The lowest BCUT2D eigenvalue weighted by molar-refractivity contribution is -0.119. The lowest BCUT2D eigenvalue weighted by atomic mass is 10.1. The largest absolute Gasteiger partial charge is 0.385 e. The van der Waals surface area contributed by atoms with E-state index in [2.05, 4.69) is 5.32 Å². The van der Waals surface area contributed by atoms with Crippen LogP contribution in [0.25, 0.3) is 0 Å². The Kier molecular flexibility index (Phi) is 5.84. The van der Waals surface area contributed by atoms with Crippen LogP contribution in [0.1, 0.15) is 23.7 Å². The molecule has 1 saturated heterocycles. The zero-order valence-electron chi connectivity index (χ0n) is 13.4. The van der Waals surface area contributed by atoms with Gasteiger partial charge in [-0.1, -0.05) is 18.5 Å². The molecule has 24 heavy (non-hydrogen) atoms. The molecule has 1 unspecified atom stereocenters. The molecule has 1 aromatic rings. The molecule has 1 aliphatic heterocycles. The summed E-state index contributed by atoms with van der Waals surface area (Å²) in [6.45, 7) is 2.52. The van der Waals surface area contributed by atoms with Crippen molar-refractivity contribution >= 4 is 39.1 Å². The van der Waals surface area contributed by atoms with E-state index in [0.717, 1.165) is 4.31 Å². The summed E-state index contributed by atoms with van der Waals surface area (Å²) in [6.07, 6.45) is 0.663. The number of nitrogens with zero attached hydrogens (tertiary/aromatic N) is 1. The van der Waals surface area contributed by atoms with Gasteiger partial charge in [0.05, 0.1) is 27.9 Å². The number of carbonyl (C=O) groups excluding carboxylic acids is 2. The molecular formula is C15H19ClN2O5S. The van der Waals surface area contributed by atoms with Crippen molar-refractivity contribution in [2.24, 2.45) is 5.92 Å². The summed E-state index contributed by atoms with van der Waals surface area (Å²) >= 11 is 6.10. The van der Waals surface area contributed by atoms with Gasteiger partial charge in [0.1, 0.15) is 0 Å². The number of methoxy groups -OCH3 is 1. The van der Waals surface area contributed by atoms with Crippen LogP contribution in [0.3, 0.4) is 0 Å². The lowest BCUT2D eigenvalue weighted by Crippen LogP contribution is -2.30. The summed E-state index contributed by atoms with van der Waals surface area (Å²) in [6, 6.07) is 4.14. The van der Waals surface area contributed by atoms with Crippen LogP contribution in [0.5, 0.6) is 0 Å². The van der Waals surface area contributed by atoms with E-state index in [1.807, 2.05) is 0 Å². The molecule has 0 saturated carbocycles. The zero-order chi connectivity index (χ0) is 17.9. The number of hydrogen-bond donors (Lipinski definition) is 1. The number of ether oxygens (including phenoxy) is 1. The molecule has 0 aromatic heterocycles. The van der Waals surface area contributed by atoms with Gasteiger partial charge >= 0.3 is 0 Å². The minimum atomic E-state index is -3.70. The average Bonchev–Trinajstić information content (AvgIpc) is 2.71. The van der Waals surface area contributed by atoms with E-state index in [-0.39, 0.29) is 27.9 Å². The predicted octanol–water partition coefficient (Wildman–Crippen LogP) is 1.42. The maximum atomic E-state index is 12.1. The summed E-state index contributed by atoms with van der Waals surface area (Å²) in [5.41, 5.74) is 0.361. The summed E-state index contributed by atoms with van der Waals surface area (Å²) in [5.74, 6) is -1.70. The number of nitrogens with one attached hydrogen (secondary N) is 1. The first-order valence-electron chi connectivity index (χ1n) is 7.41. The van der Waals surface area contributed by atoms with Gasteiger partial charge in [-0.3, -0.25) is 9.59 Å². The van der Waals surface area contributed by atoms with Gasteiger partial charge in [0.2, 0.25) is 15.9 Å². The number of benzene rings is 1. The fourth-order valence-electron chi connectivity index (χ4n) is 2.41. The molecule has 0 radical (unpaired) electrons. The Labute approximate surface area is 146 Å². The molecule has 1 N–H and O–H groups in total. The van der Waals surface area contributed by atoms with Gasteiger partial charge in [0.25, 0.3) is 5.91 Å². The van der Waals surface area contributed by atoms with Gasteiger partial charge < -0.3 is 10.1 Å². The minimum absolute atomic E-state index is 0.0827. The third kappa shape index (κ3) is 3.88. The molecule has 9 heteroatoms. The molecule has 2 amide bonds. The number of carbonyl (C=O) groups is 2. The van der Waals surface area contributed by atoms with Gasteiger partial charge in [-0.05, 0) is 24.6 Å². The smallest absolute Gasteiger partial charge is 0.252 e. The third-order valence-corrected chi connectivity index (χ3v) is 5.78. The van der Waals surface area contributed by atoms with E-state index in [9.17, 15) is 18.0 Å². The van der Waals surface area contributed by atoms with Crippen molar-refractivity contribution in [3.8, 4) is 0 Å². The quantitative estimate of drug-likeness (QED) is 0.760.